The number of fused-ring (bicyclic) bond motifs is 1. The highest BCUT2D eigenvalue weighted by Crippen LogP contribution is 2.36. The molecule has 2 aromatic carbocycles. The zero-order chi connectivity index (χ0) is 22.2. The van der Waals surface area contributed by atoms with Gasteiger partial charge in [-0.3, -0.25) is 9.69 Å². The van der Waals surface area contributed by atoms with E-state index in [0.29, 0.717) is 35.3 Å². The number of aromatic nitrogens is 6. The molecule has 0 radical (unpaired) electrons. The molecule has 1 unspecified atom stereocenters. The molecular weight excluding hydrogens is 406 g/mol. The number of aryl methyl sites for hydroxylation is 2. The fraction of sp³-hybridized carbons (Fsp3) is 0.217. The zero-order valence-corrected chi connectivity index (χ0v) is 17.6. The third-order valence-corrected chi connectivity index (χ3v) is 5.62. The van der Waals surface area contributed by atoms with E-state index < -0.39 is 6.10 Å². The van der Waals surface area contributed by atoms with Gasteiger partial charge in [0.2, 0.25) is 5.91 Å². The van der Waals surface area contributed by atoms with E-state index in [1.807, 2.05) is 55.5 Å². The van der Waals surface area contributed by atoms with Gasteiger partial charge < -0.3 is 5.11 Å². The van der Waals surface area contributed by atoms with Crippen molar-refractivity contribution in [2.45, 2.75) is 32.9 Å². The molecule has 1 atom stereocenters. The first kappa shape index (κ1) is 20.0. The van der Waals surface area contributed by atoms with Crippen LogP contribution in [0.3, 0.4) is 0 Å². The highest BCUT2D eigenvalue weighted by Gasteiger charge is 2.33. The largest absolute Gasteiger partial charge is 0.388 e. The molecule has 2 aromatic heterocycles. The van der Waals surface area contributed by atoms with Crippen LogP contribution >= 0.6 is 0 Å². The van der Waals surface area contributed by atoms with Crippen molar-refractivity contribution in [1.29, 1.82) is 0 Å². The number of carbonyl (C=O) groups excluding carboxylic acids is 1. The predicted octanol–water partition coefficient (Wildman–Crippen LogP) is 2.91. The Morgan fingerprint density at radius 2 is 1.81 bits per heavy atom. The molecule has 32 heavy (non-hydrogen) atoms. The first-order valence-corrected chi connectivity index (χ1v) is 10.3. The zero-order valence-electron chi connectivity index (χ0n) is 17.6. The highest BCUT2D eigenvalue weighted by atomic mass is 16.3. The van der Waals surface area contributed by atoms with Crippen molar-refractivity contribution in [2.24, 2.45) is 0 Å². The maximum absolute atomic E-state index is 12.7. The number of rotatable bonds is 4. The third kappa shape index (κ3) is 3.52. The summed E-state index contributed by atoms with van der Waals surface area (Å²) < 4.78 is 0. The fourth-order valence-electron chi connectivity index (χ4n) is 4.14. The van der Waals surface area contributed by atoms with Gasteiger partial charge in [0.15, 0.2) is 5.82 Å². The van der Waals surface area contributed by atoms with Crippen molar-refractivity contribution in [3.63, 3.8) is 0 Å². The lowest BCUT2D eigenvalue weighted by molar-refractivity contribution is -0.121. The number of aliphatic hydroxyl groups excluding tert-OH is 1. The van der Waals surface area contributed by atoms with Gasteiger partial charge in [-0.15, -0.1) is 5.10 Å². The number of tetrazole rings is 1. The number of carbonyl (C=O) groups is 1. The maximum Gasteiger partial charge on any atom is 0.231 e. The predicted molar refractivity (Wildman–Crippen MR) is 117 cm³/mol. The van der Waals surface area contributed by atoms with Gasteiger partial charge in [-0.25, -0.2) is 15.1 Å². The summed E-state index contributed by atoms with van der Waals surface area (Å²) in [7, 11) is 0. The molecule has 4 aromatic rings. The molecule has 9 nitrogen and oxygen atoms in total. The van der Waals surface area contributed by atoms with Crippen molar-refractivity contribution >= 4 is 11.7 Å². The minimum absolute atomic E-state index is 0.0247. The van der Waals surface area contributed by atoms with Crippen LogP contribution in [0.2, 0.25) is 0 Å². The Morgan fingerprint density at radius 1 is 1.06 bits per heavy atom. The average Bonchev–Trinajstić information content (AvgIpc) is 3.31. The summed E-state index contributed by atoms with van der Waals surface area (Å²) in [6, 6.07) is 15.9. The number of nitrogens with zero attached hydrogens (tertiary/aromatic N) is 6. The van der Waals surface area contributed by atoms with E-state index >= 15 is 0 Å². The number of nitrogens with one attached hydrogen (secondary N) is 1. The molecule has 0 bridgehead atoms. The van der Waals surface area contributed by atoms with E-state index in [1.165, 1.54) is 0 Å². The fourth-order valence-corrected chi connectivity index (χ4v) is 4.14. The Bertz CT molecular complexity index is 1290. The van der Waals surface area contributed by atoms with E-state index in [1.54, 1.807) is 11.8 Å². The summed E-state index contributed by atoms with van der Waals surface area (Å²) >= 11 is 0. The van der Waals surface area contributed by atoms with E-state index in [9.17, 15) is 9.90 Å². The lowest BCUT2D eigenvalue weighted by atomic mass is 9.97. The second-order valence-electron chi connectivity index (χ2n) is 7.79. The molecule has 0 aliphatic carbocycles. The van der Waals surface area contributed by atoms with Gasteiger partial charge in [0.1, 0.15) is 11.6 Å². The number of amides is 1. The quantitative estimate of drug-likeness (QED) is 0.514. The maximum atomic E-state index is 12.7. The standard InChI is InChI=1S/C23H21N7O2/c1-13-21-19(31)11-20(32)30(23(21)25-14(2)24-13)12-15-7-9-16(10-8-15)17-5-3-4-6-18(17)22-26-28-29-27-22/h3-10,19,31H,11-12H2,1-2H3,(H,26,27,28,29). The summed E-state index contributed by atoms with van der Waals surface area (Å²) in [5.41, 5.74) is 5.20. The van der Waals surface area contributed by atoms with Crippen LogP contribution in [0.15, 0.2) is 48.5 Å². The summed E-state index contributed by atoms with van der Waals surface area (Å²) in [5.74, 6) is 1.51. The molecule has 3 heterocycles. The molecule has 0 fully saturated rings. The van der Waals surface area contributed by atoms with Gasteiger partial charge in [0.05, 0.1) is 19.1 Å². The number of aliphatic hydroxyl groups is 1. The molecule has 160 valence electrons. The molecule has 9 heteroatoms. The third-order valence-electron chi connectivity index (χ3n) is 5.62. The molecule has 0 saturated carbocycles. The Hall–Kier alpha value is -3.98. The summed E-state index contributed by atoms with van der Waals surface area (Å²) in [4.78, 5) is 23.2. The summed E-state index contributed by atoms with van der Waals surface area (Å²) in [5, 5.41) is 24.6. The summed E-state index contributed by atoms with van der Waals surface area (Å²) in [6.07, 6.45) is -0.851. The number of aromatic amines is 1. The van der Waals surface area contributed by atoms with E-state index in [4.69, 9.17) is 0 Å². The Balaban J connectivity index is 1.46. The van der Waals surface area contributed by atoms with Crippen LogP contribution in [0.5, 0.6) is 0 Å². The van der Waals surface area contributed by atoms with E-state index in [2.05, 4.69) is 30.6 Å². The minimum atomic E-state index is -0.876. The molecule has 1 amide bonds. The van der Waals surface area contributed by atoms with Gasteiger partial charge in [-0.1, -0.05) is 48.5 Å². The van der Waals surface area contributed by atoms with Crippen LogP contribution in [0.1, 0.15) is 35.2 Å². The lowest BCUT2D eigenvalue weighted by Crippen LogP contribution is -2.37. The van der Waals surface area contributed by atoms with Crippen LogP contribution in [0.4, 0.5) is 5.82 Å². The second-order valence-corrected chi connectivity index (χ2v) is 7.79. The van der Waals surface area contributed by atoms with Gasteiger partial charge in [0, 0.05) is 16.8 Å². The molecule has 2 N–H and O–H groups in total. The van der Waals surface area contributed by atoms with Crippen LogP contribution in [-0.4, -0.2) is 41.6 Å². The van der Waals surface area contributed by atoms with Crippen molar-refractivity contribution in [3.05, 3.63) is 71.2 Å². The molecular formula is C23H21N7O2. The highest BCUT2D eigenvalue weighted by molar-refractivity contribution is 5.96. The normalized spacial score (nSPS) is 15.7. The molecule has 5 rings (SSSR count). The molecule has 1 aliphatic heterocycles. The number of benzene rings is 2. The number of hydrogen-bond acceptors (Lipinski definition) is 7. The number of hydrogen-bond donors (Lipinski definition) is 2. The van der Waals surface area contributed by atoms with Crippen molar-refractivity contribution in [2.75, 3.05) is 4.90 Å². The van der Waals surface area contributed by atoms with Crippen LogP contribution in [0, 0.1) is 13.8 Å². The topological polar surface area (TPSA) is 121 Å². The molecule has 0 spiro atoms. The van der Waals surface area contributed by atoms with E-state index in [0.717, 1.165) is 22.3 Å². The second kappa shape index (κ2) is 7.93. The molecule has 1 aliphatic rings. The van der Waals surface area contributed by atoms with Crippen LogP contribution in [0.25, 0.3) is 22.5 Å². The van der Waals surface area contributed by atoms with Gasteiger partial charge in [-0.05, 0) is 41.0 Å². The van der Waals surface area contributed by atoms with Gasteiger partial charge >= 0.3 is 0 Å². The molecule has 0 saturated heterocycles. The van der Waals surface area contributed by atoms with E-state index in [-0.39, 0.29) is 12.3 Å². The van der Waals surface area contributed by atoms with Crippen molar-refractivity contribution in [3.8, 4) is 22.5 Å². The smallest absolute Gasteiger partial charge is 0.231 e. The average molecular weight is 427 g/mol. The van der Waals surface area contributed by atoms with Crippen molar-refractivity contribution < 1.29 is 9.90 Å². The van der Waals surface area contributed by atoms with Gasteiger partial charge in [-0.2, -0.15) is 0 Å². The Morgan fingerprint density at radius 3 is 2.53 bits per heavy atom. The lowest BCUT2D eigenvalue weighted by Gasteiger charge is -2.32. The Labute approximate surface area is 184 Å². The van der Waals surface area contributed by atoms with Gasteiger partial charge in [0.25, 0.3) is 0 Å². The minimum Gasteiger partial charge on any atom is -0.388 e. The number of anilines is 1. The van der Waals surface area contributed by atoms with Crippen molar-refractivity contribution in [1.82, 2.24) is 30.6 Å². The first-order chi connectivity index (χ1) is 15.5. The monoisotopic (exact) mass is 427 g/mol. The van der Waals surface area contributed by atoms with Crippen LogP contribution < -0.4 is 4.90 Å². The van der Waals surface area contributed by atoms with Crippen LogP contribution in [-0.2, 0) is 11.3 Å². The SMILES string of the molecule is Cc1nc(C)c2c(n1)N(Cc1ccc(-c3ccccc3-c3nnn[nH]3)cc1)C(=O)CC2O. The Kier molecular flexibility index (Phi) is 4.95. The summed E-state index contributed by atoms with van der Waals surface area (Å²) in [6.45, 7) is 3.98. The first-order valence-electron chi connectivity index (χ1n) is 10.3. The number of H-pyrrole nitrogens is 1.